The number of thiazole rings is 1. The SMILES string of the molecule is CCc1ccc2nc(N3CCN(C(=O)c4ccc5c(c4)C(=O)N(CC(C)C)C5=O)CC3)sc2c1. The third-order valence-electron chi connectivity index (χ3n) is 6.45. The van der Waals surface area contributed by atoms with Crippen molar-refractivity contribution >= 4 is 44.4 Å². The van der Waals surface area contributed by atoms with Gasteiger partial charge in [0, 0.05) is 38.3 Å². The first-order chi connectivity index (χ1) is 16.4. The van der Waals surface area contributed by atoms with Gasteiger partial charge in [-0.1, -0.05) is 38.2 Å². The van der Waals surface area contributed by atoms with Gasteiger partial charge in [-0.2, -0.15) is 0 Å². The van der Waals surface area contributed by atoms with Gasteiger partial charge in [0.15, 0.2) is 5.13 Å². The molecule has 8 heteroatoms. The first-order valence-electron chi connectivity index (χ1n) is 11.8. The van der Waals surface area contributed by atoms with Crippen LogP contribution < -0.4 is 4.90 Å². The van der Waals surface area contributed by atoms with Crippen LogP contribution in [0.5, 0.6) is 0 Å². The summed E-state index contributed by atoms with van der Waals surface area (Å²) in [7, 11) is 0. The third-order valence-corrected chi connectivity index (χ3v) is 7.53. The number of fused-ring (bicyclic) bond motifs is 2. The number of rotatable bonds is 5. The van der Waals surface area contributed by atoms with Crippen LogP contribution in [-0.4, -0.2) is 65.2 Å². The highest BCUT2D eigenvalue weighted by Crippen LogP contribution is 2.31. The summed E-state index contributed by atoms with van der Waals surface area (Å²) in [6, 6.07) is 11.3. The molecule has 3 amide bonds. The van der Waals surface area contributed by atoms with Gasteiger partial charge in [-0.3, -0.25) is 19.3 Å². The van der Waals surface area contributed by atoms with Gasteiger partial charge in [-0.25, -0.2) is 4.98 Å². The Balaban J connectivity index is 1.27. The number of aromatic nitrogens is 1. The van der Waals surface area contributed by atoms with Crippen LogP contribution in [0.4, 0.5) is 5.13 Å². The molecule has 1 aromatic heterocycles. The van der Waals surface area contributed by atoms with Crippen molar-refractivity contribution in [2.45, 2.75) is 27.2 Å². The molecule has 0 N–H and O–H groups in total. The molecule has 34 heavy (non-hydrogen) atoms. The molecule has 2 aliphatic heterocycles. The Hall–Kier alpha value is -3.26. The maximum absolute atomic E-state index is 13.2. The number of carbonyl (C=O) groups is 3. The van der Waals surface area contributed by atoms with Gasteiger partial charge in [0.2, 0.25) is 0 Å². The van der Waals surface area contributed by atoms with Gasteiger partial charge in [0.1, 0.15) is 0 Å². The average molecular weight is 477 g/mol. The molecule has 0 unspecified atom stereocenters. The standard InChI is InChI=1S/C26H28N4O3S/c1-4-17-5-8-21-22(13-17)34-26(27-21)29-11-9-28(10-12-29)23(31)18-6-7-19-20(14-18)25(33)30(24(19)32)15-16(2)3/h5-8,13-14,16H,4,9-12,15H2,1-3H3. The van der Waals surface area contributed by atoms with E-state index < -0.39 is 0 Å². The van der Waals surface area contributed by atoms with Crippen molar-refractivity contribution in [2.75, 3.05) is 37.6 Å². The molecule has 1 saturated heterocycles. The summed E-state index contributed by atoms with van der Waals surface area (Å²) in [4.78, 5) is 48.7. The lowest BCUT2D eigenvalue weighted by Crippen LogP contribution is -2.48. The highest BCUT2D eigenvalue weighted by Gasteiger charge is 2.36. The van der Waals surface area contributed by atoms with Crippen LogP contribution >= 0.6 is 11.3 Å². The molecule has 2 aliphatic rings. The van der Waals surface area contributed by atoms with E-state index in [4.69, 9.17) is 4.98 Å². The van der Waals surface area contributed by atoms with Gasteiger partial charge in [-0.15, -0.1) is 0 Å². The molecule has 0 radical (unpaired) electrons. The topological polar surface area (TPSA) is 73.8 Å². The summed E-state index contributed by atoms with van der Waals surface area (Å²) in [5, 5.41) is 0.988. The molecule has 0 saturated carbocycles. The van der Waals surface area contributed by atoms with Crippen molar-refractivity contribution in [2.24, 2.45) is 5.92 Å². The predicted molar refractivity (Wildman–Crippen MR) is 134 cm³/mol. The lowest BCUT2D eigenvalue weighted by molar-refractivity contribution is 0.0635. The Morgan fingerprint density at radius 3 is 2.44 bits per heavy atom. The molecular formula is C26H28N4O3S. The summed E-state index contributed by atoms with van der Waals surface area (Å²) >= 11 is 1.69. The van der Waals surface area contributed by atoms with E-state index >= 15 is 0 Å². The second-order valence-corrected chi connectivity index (χ2v) is 10.3. The van der Waals surface area contributed by atoms with E-state index in [-0.39, 0.29) is 23.6 Å². The van der Waals surface area contributed by atoms with Crippen LogP contribution in [0.3, 0.4) is 0 Å². The lowest BCUT2D eigenvalue weighted by atomic mass is 10.0. The molecule has 0 aliphatic carbocycles. The molecular weight excluding hydrogens is 448 g/mol. The van der Waals surface area contributed by atoms with Crippen LogP contribution in [0.1, 0.15) is 57.4 Å². The van der Waals surface area contributed by atoms with Crippen molar-refractivity contribution in [1.29, 1.82) is 0 Å². The second kappa shape index (κ2) is 8.83. The molecule has 0 atom stereocenters. The largest absolute Gasteiger partial charge is 0.345 e. The highest BCUT2D eigenvalue weighted by molar-refractivity contribution is 7.22. The third kappa shape index (κ3) is 3.96. The zero-order valence-electron chi connectivity index (χ0n) is 19.7. The van der Waals surface area contributed by atoms with E-state index in [9.17, 15) is 14.4 Å². The van der Waals surface area contributed by atoms with Crippen LogP contribution in [0.25, 0.3) is 10.2 Å². The lowest BCUT2D eigenvalue weighted by Gasteiger charge is -2.34. The summed E-state index contributed by atoms with van der Waals surface area (Å²) in [5.74, 6) is -0.510. The number of benzene rings is 2. The van der Waals surface area contributed by atoms with Crippen LogP contribution in [0.15, 0.2) is 36.4 Å². The van der Waals surface area contributed by atoms with Gasteiger partial charge < -0.3 is 9.80 Å². The molecule has 7 nitrogen and oxygen atoms in total. The van der Waals surface area contributed by atoms with Gasteiger partial charge in [0.25, 0.3) is 17.7 Å². The quantitative estimate of drug-likeness (QED) is 0.519. The number of aryl methyl sites for hydroxylation is 1. The van der Waals surface area contributed by atoms with E-state index in [1.165, 1.54) is 15.2 Å². The molecule has 3 heterocycles. The summed E-state index contributed by atoms with van der Waals surface area (Å²) < 4.78 is 1.19. The zero-order chi connectivity index (χ0) is 24.0. The van der Waals surface area contributed by atoms with Gasteiger partial charge in [-0.05, 0) is 48.2 Å². The van der Waals surface area contributed by atoms with Crippen molar-refractivity contribution in [1.82, 2.24) is 14.8 Å². The van der Waals surface area contributed by atoms with Crippen molar-refractivity contribution in [3.05, 3.63) is 58.7 Å². The number of hydrogen-bond donors (Lipinski definition) is 0. The fourth-order valence-electron chi connectivity index (χ4n) is 4.55. The fourth-order valence-corrected chi connectivity index (χ4v) is 5.63. The summed E-state index contributed by atoms with van der Waals surface area (Å²) in [6.07, 6.45) is 1.00. The number of hydrogen-bond acceptors (Lipinski definition) is 6. The minimum atomic E-state index is -0.310. The maximum atomic E-state index is 13.2. The molecule has 176 valence electrons. The number of nitrogens with zero attached hydrogens (tertiary/aromatic N) is 4. The van der Waals surface area contributed by atoms with Crippen LogP contribution in [-0.2, 0) is 6.42 Å². The van der Waals surface area contributed by atoms with Crippen molar-refractivity contribution < 1.29 is 14.4 Å². The average Bonchev–Trinajstić information content (AvgIpc) is 3.37. The number of amides is 3. The Kier molecular flexibility index (Phi) is 5.85. The first-order valence-corrected chi connectivity index (χ1v) is 12.6. The van der Waals surface area contributed by atoms with Crippen LogP contribution in [0.2, 0.25) is 0 Å². The van der Waals surface area contributed by atoms with Crippen molar-refractivity contribution in [3.8, 4) is 0 Å². The fraction of sp³-hybridized carbons (Fsp3) is 0.385. The van der Waals surface area contributed by atoms with Crippen molar-refractivity contribution in [3.63, 3.8) is 0 Å². The maximum Gasteiger partial charge on any atom is 0.261 e. The predicted octanol–water partition coefficient (Wildman–Crippen LogP) is 4.07. The molecule has 5 rings (SSSR count). The zero-order valence-corrected chi connectivity index (χ0v) is 20.5. The number of carbonyl (C=O) groups excluding carboxylic acids is 3. The molecule has 2 aromatic carbocycles. The molecule has 0 bridgehead atoms. The monoisotopic (exact) mass is 476 g/mol. The van der Waals surface area contributed by atoms with E-state index in [0.717, 1.165) is 17.1 Å². The minimum Gasteiger partial charge on any atom is -0.345 e. The van der Waals surface area contributed by atoms with E-state index in [2.05, 4.69) is 30.0 Å². The number of imide groups is 1. The Labute approximate surface area is 203 Å². The van der Waals surface area contributed by atoms with Crippen LogP contribution in [0, 0.1) is 5.92 Å². The first kappa shape index (κ1) is 22.5. The molecule has 1 fully saturated rings. The van der Waals surface area contributed by atoms with Gasteiger partial charge in [0.05, 0.1) is 21.3 Å². The smallest absolute Gasteiger partial charge is 0.261 e. The van der Waals surface area contributed by atoms with Gasteiger partial charge >= 0.3 is 0 Å². The van der Waals surface area contributed by atoms with E-state index in [1.807, 2.05) is 18.7 Å². The molecule has 3 aromatic rings. The summed E-state index contributed by atoms with van der Waals surface area (Å²) in [5.41, 5.74) is 3.48. The Bertz CT molecular complexity index is 1290. The van der Waals surface area contributed by atoms with E-state index in [0.29, 0.717) is 49.4 Å². The van der Waals surface area contributed by atoms with E-state index in [1.54, 1.807) is 29.5 Å². The Morgan fingerprint density at radius 1 is 1.00 bits per heavy atom. The summed E-state index contributed by atoms with van der Waals surface area (Å²) in [6.45, 7) is 9.03. The normalized spacial score (nSPS) is 16.2. The highest BCUT2D eigenvalue weighted by atomic mass is 32.1. The molecule has 0 spiro atoms. The Morgan fingerprint density at radius 2 is 1.74 bits per heavy atom. The minimum absolute atomic E-state index is 0.109. The number of piperazine rings is 1. The number of anilines is 1. The second-order valence-electron chi connectivity index (χ2n) is 9.31.